The molecule has 0 saturated carbocycles. The molecule has 0 saturated heterocycles. The lowest BCUT2D eigenvalue weighted by molar-refractivity contribution is 0.426. The van der Waals surface area contributed by atoms with E-state index >= 15 is 0 Å². The van der Waals surface area contributed by atoms with Gasteiger partial charge < -0.3 is 27.7 Å². The number of hydrogen-bond donors (Lipinski definition) is 2. The van der Waals surface area contributed by atoms with E-state index in [9.17, 15) is 10.0 Å². The number of benzene rings is 8. The Balaban J connectivity index is 0.000000146. The standard InChI is InChI=1S/C24H15BO4.C24H13BrO2.2CH4/c26-25(27)16-7-9-22-18(11-16)20-13-23-19(12-24(20)29-22)17-10-15(6-8-21(17)28-23)14-4-2-1-3-5-14;25-16-7-9-22-18(11-16)20-13-23-19(12-24(20)27-22)17-10-15(6-8-21(17)26-23)14-4-2-1-3-5-14;;/h1-13,26-27H;1-13H;2*1H4. The number of furan rings is 4. The molecule has 8 heteroatoms. The quantitative estimate of drug-likeness (QED) is 0.172. The van der Waals surface area contributed by atoms with Crippen LogP contribution in [0.25, 0.3) is 110 Å². The summed E-state index contributed by atoms with van der Waals surface area (Å²) in [6.07, 6.45) is 0. The fourth-order valence-electron chi connectivity index (χ4n) is 7.86. The Morgan fingerprint density at radius 2 is 0.672 bits per heavy atom. The first-order chi connectivity index (χ1) is 27.4. The minimum Gasteiger partial charge on any atom is -0.456 e. The summed E-state index contributed by atoms with van der Waals surface area (Å²) in [5.74, 6) is 0. The van der Waals surface area contributed by atoms with Crippen LogP contribution in [0.4, 0.5) is 0 Å². The van der Waals surface area contributed by atoms with Gasteiger partial charge in [0.25, 0.3) is 0 Å². The fraction of sp³-hybridized carbons (Fsp3) is 0.0400. The Bertz CT molecular complexity index is 3470. The Morgan fingerprint density at radius 1 is 0.328 bits per heavy atom. The first-order valence-corrected chi connectivity index (χ1v) is 19.0. The van der Waals surface area contributed by atoms with E-state index in [0.29, 0.717) is 11.0 Å². The molecule has 6 nitrogen and oxygen atoms in total. The lowest BCUT2D eigenvalue weighted by atomic mass is 9.80. The lowest BCUT2D eigenvalue weighted by Gasteiger charge is -2.01. The third-order valence-corrected chi connectivity index (χ3v) is 11.1. The Labute approximate surface area is 341 Å². The minimum atomic E-state index is -1.52. The van der Waals surface area contributed by atoms with Crippen LogP contribution >= 0.6 is 15.9 Å². The van der Waals surface area contributed by atoms with Crippen molar-refractivity contribution in [1.82, 2.24) is 0 Å². The van der Waals surface area contributed by atoms with E-state index in [4.69, 9.17) is 17.7 Å². The maximum absolute atomic E-state index is 9.49. The molecular formula is C50H36BBrO6. The molecule has 0 aliphatic rings. The molecule has 12 aromatic rings. The van der Waals surface area contributed by atoms with Gasteiger partial charge in [0.15, 0.2) is 0 Å². The van der Waals surface area contributed by atoms with Crippen molar-refractivity contribution >= 4 is 116 Å². The molecule has 0 bridgehead atoms. The summed E-state index contributed by atoms with van der Waals surface area (Å²) in [7, 11) is -1.52. The highest BCUT2D eigenvalue weighted by Crippen LogP contribution is 2.40. The van der Waals surface area contributed by atoms with Crippen molar-refractivity contribution in [2.24, 2.45) is 0 Å². The van der Waals surface area contributed by atoms with Gasteiger partial charge in [-0.1, -0.05) is 116 Å². The molecule has 12 rings (SSSR count). The second-order valence-corrected chi connectivity index (χ2v) is 14.9. The van der Waals surface area contributed by atoms with E-state index in [0.717, 1.165) is 97.8 Å². The van der Waals surface area contributed by atoms with Crippen LogP contribution in [0.1, 0.15) is 14.9 Å². The summed E-state index contributed by atoms with van der Waals surface area (Å²) in [4.78, 5) is 0. The normalized spacial score (nSPS) is 11.4. The van der Waals surface area contributed by atoms with Crippen LogP contribution in [0.5, 0.6) is 0 Å². The second kappa shape index (κ2) is 14.4. The first-order valence-electron chi connectivity index (χ1n) is 18.2. The van der Waals surface area contributed by atoms with Crippen LogP contribution in [-0.4, -0.2) is 17.2 Å². The van der Waals surface area contributed by atoms with Crippen LogP contribution in [0, 0.1) is 0 Å². The summed E-state index contributed by atoms with van der Waals surface area (Å²) in [5.41, 5.74) is 11.7. The van der Waals surface area contributed by atoms with Crippen LogP contribution in [0.2, 0.25) is 0 Å². The van der Waals surface area contributed by atoms with E-state index in [1.165, 1.54) is 11.1 Å². The Morgan fingerprint density at radius 3 is 1.09 bits per heavy atom. The van der Waals surface area contributed by atoms with E-state index in [2.05, 4.69) is 94.8 Å². The zero-order valence-electron chi connectivity index (χ0n) is 29.5. The average Bonchev–Trinajstić information content (AvgIpc) is 3.98. The molecule has 282 valence electrons. The van der Waals surface area contributed by atoms with Crippen LogP contribution < -0.4 is 5.46 Å². The van der Waals surface area contributed by atoms with Gasteiger partial charge in [-0.25, -0.2) is 0 Å². The molecule has 0 aliphatic heterocycles. The molecule has 0 atom stereocenters. The van der Waals surface area contributed by atoms with Crippen molar-refractivity contribution in [3.05, 3.63) is 162 Å². The highest BCUT2D eigenvalue weighted by Gasteiger charge is 2.18. The van der Waals surface area contributed by atoms with Crippen molar-refractivity contribution in [1.29, 1.82) is 0 Å². The molecule has 2 N–H and O–H groups in total. The molecule has 8 aromatic carbocycles. The summed E-state index contributed by atoms with van der Waals surface area (Å²) < 4.78 is 25.4. The third-order valence-electron chi connectivity index (χ3n) is 10.6. The summed E-state index contributed by atoms with van der Waals surface area (Å²) in [6.45, 7) is 0. The summed E-state index contributed by atoms with van der Waals surface area (Å²) in [5, 5.41) is 27.1. The van der Waals surface area contributed by atoms with Crippen molar-refractivity contribution in [3.8, 4) is 22.3 Å². The van der Waals surface area contributed by atoms with Gasteiger partial charge in [-0.05, 0) is 101 Å². The SMILES string of the molecule is Brc1ccc2oc3cc4c(cc3c2c1)oc1ccc(-c2ccccc2)cc14.C.C.OB(O)c1ccc2oc3cc4c(cc3c2c1)oc1ccc(-c2ccccc2)cc14. The Hall–Kier alpha value is -6.58. The zero-order valence-corrected chi connectivity index (χ0v) is 31.1. The number of fused-ring (bicyclic) bond motifs is 12. The molecule has 0 amide bonds. The van der Waals surface area contributed by atoms with Crippen LogP contribution in [0.3, 0.4) is 0 Å². The predicted molar refractivity (Wildman–Crippen MR) is 244 cm³/mol. The number of hydrogen-bond acceptors (Lipinski definition) is 6. The molecule has 0 spiro atoms. The lowest BCUT2D eigenvalue weighted by Crippen LogP contribution is -2.29. The molecule has 0 radical (unpaired) electrons. The monoisotopic (exact) mass is 822 g/mol. The molecule has 0 unspecified atom stereocenters. The van der Waals surface area contributed by atoms with Gasteiger partial charge in [-0.3, -0.25) is 0 Å². The van der Waals surface area contributed by atoms with E-state index < -0.39 is 7.12 Å². The number of halogens is 1. The topological polar surface area (TPSA) is 93.0 Å². The fourth-order valence-corrected chi connectivity index (χ4v) is 8.22. The van der Waals surface area contributed by atoms with Gasteiger partial charge in [0.2, 0.25) is 0 Å². The van der Waals surface area contributed by atoms with E-state index in [1.54, 1.807) is 18.2 Å². The highest BCUT2D eigenvalue weighted by molar-refractivity contribution is 9.10. The average molecular weight is 824 g/mol. The molecule has 58 heavy (non-hydrogen) atoms. The smallest absolute Gasteiger partial charge is 0.456 e. The maximum atomic E-state index is 9.49. The first kappa shape index (κ1) is 37.0. The molecular weight excluding hydrogens is 787 g/mol. The van der Waals surface area contributed by atoms with Gasteiger partial charge in [0, 0.05) is 47.6 Å². The molecule has 0 fully saturated rings. The van der Waals surface area contributed by atoms with Crippen molar-refractivity contribution in [2.75, 3.05) is 0 Å². The van der Waals surface area contributed by atoms with Gasteiger partial charge in [-0.15, -0.1) is 0 Å². The zero-order chi connectivity index (χ0) is 37.5. The largest absolute Gasteiger partial charge is 0.488 e. The van der Waals surface area contributed by atoms with Crippen LogP contribution in [-0.2, 0) is 0 Å². The summed E-state index contributed by atoms with van der Waals surface area (Å²) >= 11 is 3.55. The van der Waals surface area contributed by atoms with Gasteiger partial charge in [-0.2, -0.15) is 0 Å². The Kier molecular flexibility index (Phi) is 9.21. The van der Waals surface area contributed by atoms with Crippen LogP contribution in [0.15, 0.2) is 180 Å². The van der Waals surface area contributed by atoms with Gasteiger partial charge >= 0.3 is 7.12 Å². The van der Waals surface area contributed by atoms with Crippen molar-refractivity contribution in [2.45, 2.75) is 14.9 Å². The van der Waals surface area contributed by atoms with Crippen molar-refractivity contribution in [3.63, 3.8) is 0 Å². The van der Waals surface area contributed by atoms with E-state index in [1.807, 2.05) is 60.7 Å². The minimum absolute atomic E-state index is 0. The van der Waals surface area contributed by atoms with Gasteiger partial charge in [0.1, 0.15) is 44.7 Å². The molecule has 4 aromatic heterocycles. The third kappa shape index (κ3) is 6.14. The predicted octanol–water partition coefficient (Wildman–Crippen LogP) is 14.0. The van der Waals surface area contributed by atoms with E-state index in [-0.39, 0.29) is 14.9 Å². The number of rotatable bonds is 3. The maximum Gasteiger partial charge on any atom is 0.488 e. The van der Waals surface area contributed by atoms with Crippen molar-refractivity contribution < 1.29 is 27.7 Å². The molecule has 0 aliphatic carbocycles. The summed E-state index contributed by atoms with van der Waals surface area (Å²) in [6, 6.07) is 52.6. The highest BCUT2D eigenvalue weighted by atomic mass is 79.9. The molecule has 4 heterocycles. The van der Waals surface area contributed by atoms with Gasteiger partial charge in [0.05, 0.1) is 0 Å². The second-order valence-electron chi connectivity index (χ2n) is 14.0.